The summed E-state index contributed by atoms with van der Waals surface area (Å²) in [5, 5.41) is 10.1. The number of aryl methyl sites for hydroxylation is 1. The summed E-state index contributed by atoms with van der Waals surface area (Å²) in [5.41, 5.74) is 8.20. The normalized spacial score (nSPS) is 13.2. The number of rotatable bonds is 7. The summed E-state index contributed by atoms with van der Waals surface area (Å²) < 4.78 is 16.7. The zero-order valence-electron chi connectivity index (χ0n) is 18.3. The number of nitrogens with two attached hydrogens (primary N) is 1. The first kappa shape index (κ1) is 25.1. The summed E-state index contributed by atoms with van der Waals surface area (Å²) in [6, 6.07) is 7.34. The van der Waals surface area contributed by atoms with Crippen LogP contribution in [-0.4, -0.2) is 36.0 Å². The molecule has 0 radical (unpaired) electrons. The highest BCUT2D eigenvalue weighted by Gasteiger charge is 2.22. The average Bonchev–Trinajstić information content (AvgIpc) is 3.48. The summed E-state index contributed by atoms with van der Waals surface area (Å²) in [6.45, 7) is 4.04. The lowest BCUT2D eigenvalue weighted by Crippen LogP contribution is -2.26. The minimum Gasteiger partial charge on any atom is -0.398 e. The SMILES string of the molecule is Cc1sc(-c2cc(I)c(N3CCCC3)nc2F)nc1CCN(C=O)c1c(I)ccc(N)c1C#N. The highest BCUT2D eigenvalue weighted by atomic mass is 127. The van der Waals surface area contributed by atoms with Crippen LogP contribution < -0.4 is 15.5 Å². The fourth-order valence-corrected chi connectivity index (χ4v) is 6.45. The summed E-state index contributed by atoms with van der Waals surface area (Å²) in [4.78, 5) is 25.4. The predicted molar refractivity (Wildman–Crippen MR) is 150 cm³/mol. The van der Waals surface area contributed by atoms with Crippen LogP contribution in [0.2, 0.25) is 0 Å². The number of hydrogen-bond acceptors (Lipinski definition) is 7. The van der Waals surface area contributed by atoms with Crippen molar-refractivity contribution >= 4 is 80.1 Å². The predicted octanol–water partition coefficient (Wildman–Crippen LogP) is 5.12. The van der Waals surface area contributed by atoms with Crippen molar-refractivity contribution in [2.24, 2.45) is 0 Å². The number of carbonyl (C=O) groups is 1. The van der Waals surface area contributed by atoms with Crippen molar-refractivity contribution in [1.82, 2.24) is 9.97 Å². The third-order valence-corrected chi connectivity index (χ3v) is 8.43. The molecule has 0 aliphatic carbocycles. The molecule has 1 aromatic carbocycles. The van der Waals surface area contributed by atoms with Gasteiger partial charge in [0.15, 0.2) is 0 Å². The lowest BCUT2D eigenvalue weighted by molar-refractivity contribution is -0.107. The van der Waals surface area contributed by atoms with E-state index in [9.17, 15) is 14.4 Å². The summed E-state index contributed by atoms with van der Waals surface area (Å²) in [6.07, 6.45) is 3.34. The van der Waals surface area contributed by atoms with Crippen LogP contribution in [0.3, 0.4) is 0 Å². The number of anilines is 3. The van der Waals surface area contributed by atoms with Gasteiger partial charge in [0.2, 0.25) is 12.4 Å². The van der Waals surface area contributed by atoms with Gasteiger partial charge in [0.05, 0.1) is 31.8 Å². The van der Waals surface area contributed by atoms with Crippen molar-refractivity contribution in [2.45, 2.75) is 26.2 Å². The lowest BCUT2D eigenvalue weighted by atomic mass is 10.1. The van der Waals surface area contributed by atoms with E-state index < -0.39 is 5.95 Å². The quantitative estimate of drug-likeness (QED) is 0.159. The zero-order chi connectivity index (χ0) is 24.4. The van der Waals surface area contributed by atoms with E-state index in [1.54, 1.807) is 12.1 Å². The number of pyridine rings is 1. The molecule has 4 rings (SSSR count). The lowest BCUT2D eigenvalue weighted by Gasteiger charge is -2.21. The van der Waals surface area contributed by atoms with E-state index in [2.05, 4.69) is 66.1 Å². The number of halogens is 3. The van der Waals surface area contributed by atoms with E-state index in [1.165, 1.54) is 16.2 Å². The molecule has 2 N–H and O–H groups in total. The van der Waals surface area contributed by atoms with Gasteiger partial charge in [0, 0.05) is 34.5 Å². The van der Waals surface area contributed by atoms with Crippen molar-refractivity contribution in [2.75, 3.05) is 35.2 Å². The molecular formula is C23H21FI2N6OS. The van der Waals surface area contributed by atoms with E-state index in [-0.39, 0.29) is 5.56 Å². The van der Waals surface area contributed by atoms with Gasteiger partial charge in [0.1, 0.15) is 16.9 Å². The minimum atomic E-state index is -0.523. The number of hydrogen-bond donors (Lipinski definition) is 1. The fraction of sp³-hybridized carbons (Fsp3) is 0.304. The number of aromatic nitrogens is 2. The molecule has 3 aromatic rings. The highest BCUT2D eigenvalue weighted by Crippen LogP contribution is 2.35. The Kier molecular flexibility index (Phi) is 7.88. The maximum Gasteiger partial charge on any atom is 0.225 e. The Hall–Kier alpha value is -2.05. The van der Waals surface area contributed by atoms with E-state index in [0.29, 0.717) is 47.1 Å². The first-order valence-corrected chi connectivity index (χ1v) is 13.6. The number of nitriles is 1. The van der Waals surface area contributed by atoms with E-state index in [0.717, 1.165) is 43.6 Å². The second-order valence-electron chi connectivity index (χ2n) is 7.87. The molecule has 3 heterocycles. The first-order chi connectivity index (χ1) is 16.3. The van der Waals surface area contributed by atoms with Crippen LogP contribution in [0, 0.1) is 31.3 Å². The smallest absolute Gasteiger partial charge is 0.225 e. The van der Waals surface area contributed by atoms with Crippen LogP contribution in [0.25, 0.3) is 10.6 Å². The maximum atomic E-state index is 15.0. The Morgan fingerprint density at radius 3 is 2.71 bits per heavy atom. The molecule has 1 saturated heterocycles. The molecule has 34 heavy (non-hydrogen) atoms. The van der Waals surface area contributed by atoms with Crippen LogP contribution in [0.4, 0.5) is 21.6 Å². The van der Waals surface area contributed by atoms with E-state index >= 15 is 0 Å². The molecule has 11 heteroatoms. The minimum absolute atomic E-state index is 0.274. The molecule has 1 aliphatic heterocycles. The van der Waals surface area contributed by atoms with Crippen molar-refractivity contribution < 1.29 is 9.18 Å². The maximum absolute atomic E-state index is 15.0. The van der Waals surface area contributed by atoms with Crippen LogP contribution in [-0.2, 0) is 11.2 Å². The van der Waals surface area contributed by atoms with Crippen LogP contribution in [0.15, 0.2) is 18.2 Å². The molecule has 0 bridgehead atoms. The number of nitrogen functional groups attached to an aromatic ring is 1. The standard InChI is InChI=1S/C23H21FI2N6OS/c1-13-19(6-9-32(12-33)20-15(11-27)18(28)5-4-16(20)25)29-23(34-13)14-10-17(26)22(30-21(14)24)31-7-2-3-8-31/h4-5,10,12H,2-3,6-9,28H2,1H3. The van der Waals surface area contributed by atoms with Crippen molar-refractivity contribution in [3.05, 3.63) is 47.4 Å². The van der Waals surface area contributed by atoms with Crippen molar-refractivity contribution in [1.29, 1.82) is 5.26 Å². The van der Waals surface area contributed by atoms with Gasteiger partial charge < -0.3 is 15.5 Å². The Morgan fingerprint density at radius 1 is 1.29 bits per heavy atom. The van der Waals surface area contributed by atoms with Crippen LogP contribution in [0.1, 0.15) is 29.0 Å². The largest absolute Gasteiger partial charge is 0.398 e. The molecule has 0 atom stereocenters. The molecular weight excluding hydrogens is 681 g/mol. The van der Waals surface area contributed by atoms with Crippen LogP contribution >= 0.6 is 56.5 Å². The molecule has 0 unspecified atom stereocenters. The molecule has 0 saturated carbocycles. The monoisotopic (exact) mass is 702 g/mol. The molecule has 1 aliphatic rings. The summed E-state index contributed by atoms with van der Waals surface area (Å²) >= 11 is 5.70. The molecule has 176 valence electrons. The van der Waals surface area contributed by atoms with Gasteiger partial charge in [-0.2, -0.15) is 9.65 Å². The molecule has 1 fully saturated rings. The number of thiazole rings is 1. The fourth-order valence-electron chi connectivity index (χ4n) is 3.96. The highest BCUT2D eigenvalue weighted by molar-refractivity contribution is 14.1. The Labute approximate surface area is 228 Å². The van der Waals surface area contributed by atoms with Crippen LogP contribution in [0.5, 0.6) is 0 Å². The van der Waals surface area contributed by atoms with Gasteiger partial charge in [-0.3, -0.25) is 4.79 Å². The molecule has 0 spiro atoms. The first-order valence-electron chi connectivity index (χ1n) is 10.6. The number of carbonyl (C=O) groups excluding carboxylic acids is 1. The Bertz CT molecular complexity index is 1290. The third-order valence-electron chi connectivity index (χ3n) is 5.72. The van der Waals surface area contributed by atoms with Gasteiger partial charge in [0.25, 0.3) is 0 Å². The number of amides is 1. The van der Waals surface area contributed by atoms with Gasteiger partial charge in [-0.1, -0.05) is 0 Å². The molecule has 1 amide bonds. The zero-order valence-corrected chi connectivity index (χ0v) is 23.4. The molecule has 7 nitrogen and oxygen atoms in total. The Morgan fingerprint density at radius 2 is 2.03 bits per heavy atom. The topological polar surface area (TPSA) is 99.1 Å². The van der Waals surface area contributed by atoms with Gasteiger partial charge in [-0.05, 0) is 83.1 Å². The van der Waals surface area contributed by atoms with Crippen molar-refractivity contribution in [3.63, 3.8) is 0 Å². The Balaban J connectivity index is 1.58. The van der Waals surface area contributed by atoms with Crippen molar-refractivity contribution in [3.8, 4) is 16.6 Å². The molecule has 2 aromatic heterocycles. The van der Waals surface area contributed by atoms with Gasteiger partial charge in [-0.15, -0.1) is 11.3 Å². The number of nitrogens with zero attached hydrogens (tertiary/aromatic N) is 5. The summed E-state index contributed by atoms with van der Waals surface area (Å²) in [5.74, 6) is 0.171. The average molecular weight is 702 g/mol. The van der Waals surface area contributed by atoms with Gasteiger partial charge >= 0.3 is 0 Å². The second kappa shape index (κ2) is 10.7. The van der Waals surface area contributed by atoms with Gasteiger partial charge in [-0.25, -0.2) is 9.97 Å². The third kappa shape index (κ3) is 4.99. The summed E-state index contributed by atoms with van der Waals surface area (Å²) in [7, 11) is 0. The second-order valence-corrected chi connectivity index (χ2v) is 11.4. The van der Waals surface area contributed by atoms with E-state index in [4.69, 9.17) is 5.73 Å². The van der Waals surface area contributed by atoms with E-state index in [1.807, 2.05) is 13.0 Å². The number of benzene rings is 1.